The van der Waals surface area contributed by atoms with E-state index in [4.69, 9.17) is 5.73 Å². The Hall–Kier alpha value is -0.730. The molecule has 3 nitrogen and oxygen atoms in total. The van der Waals surface area contributed by atoms with E-state index in [1.807, 2.05) is 0 Å². The molecule has 0 bridgehead atoms. The summed E-state index contributed by atoms with van der Waals surface area (Å²) in [6, 6.07) is 0. The summed E-state index contributed by atoms with van der Waals surface area (Å²) in [5, 5.41) is 3.24. The zero-order valence-corrected chi connectivity index (χ0v) is 11.6. The molecule has 2 aliphatic rings. The molecule has 17 heavy (non-hydrogen) atoms. The maximum Gasteiger partial charge on any atom is 0.189 e. The number of rotatable bonds is 3. The smallest absolute Gasteiger partial charge is 0.189 e. The van der Waals surface area contributed by atoms with Gasteiger partial charge in [0.1, 0.15) is 0 Å². The van der Waals surface area contributed by atoms with Crippen molar-refractivity contribution in [3.05, 3.63) is 0 Å². The first-order valence-electron chi connectivity index (χ1n) is 6.99. The predicted octanol–water partition coefficient (Wildman–Crippen LogP) is 2.66. The fraction of sp³-hybridized carbons (Fsp3) is 0.929. The highest BCUT2D eigenvalue weighted by Crippen LogP contribution is 2.54. The highest BCUT2D eigenvalue weighted by Gasteiger charge is 2.45. The van der Waals surface area contributed by atoms with E-state index < -0.39 is 0 Å². The number of hydrogen-bond donors (Lipinski definition) is 2. The van der Waals surface area contributed by atoms with Crippen LogP contribution in [-0.4, -0.2) is 18.0 Å². The van der Waals surface area contributed by atoms with Crippen LogP contribution in [0.3, 0.4) is 0 Å². The summed E-state index contributed by atoms with van der Waals surface area (Å²) in [7, 11) is 0. The summed E-state index contributed by atoms with van der Waals surface area (Å²) >= 11 is 0. The average Bonchev–Trinajstić information content (AvgIpc) is 2.02. The molecule has 0 aromatic heterocycles. The molecule has 2 fully saturated rings. The van der Waals surface area contributed by atoms with E-state index in [9.17, 15) is 0 Å². The minimum absolute atomic E-state index is 0.0107. The molecule has 2 saturated carbocycles. The topological polar surface area (TPSA) is 50.4 Å². The van der Waals surface area contributed by atoms with E-state index in [1.165, 1.54) is 38.5 Å². The Balaban J connectivity index is 1.89. The lowest BCUT2D eigenvalue weighted by Gasteiger charge is -2.51. The third kappa shape index (κ3) is 2.93. The molecule has 0 aromatic rings. The molecule has 0 aliphatic heterocycles. The Labute approximate surface area is 105 Å². The van der Waals surface area contributed by atoms with Gasteiger partial charge in [-0.05, 0) is 57.8 Å². The predicted molar refractivity (Wildman–Crippen MR) is 73.0 cm³/mol. The lowest BCUT2D eigenvalue weighted by Crippen LogP contribution is -2.47. The van der Waals surface area contributed by atoms with E-state index in [2.05, 4.69) is 31.1 Å². The molecule has 2 aliphatic carbocycles. The van der Waals surface area contributed by atoms with Gasteiger partial charge >= 0.3 is 0 Å². The molecule has 0 aromatic carbocycles. The highest BCUT2D eigenvalue weighted by molar-refractivity contribution is 5.78. The van der Waals surface area contributed by atoms with E-state index in [0.29, 0.717) is 11.4 Å². The molecule has 0 radical (unpaired) electrons. The van der Waals surface area contributed by atoms with Crippen molar-refractivity contribution >= 4 is 5.96 Å². The van der Waals surface area contributed by atoms with E-state index in [0.717, 1.165) is 12.5 Å². The van der Waals surface area contributed by atoms with Crippen LogP contribution in [0.1, 0.15) is 59.3 Å². The molecule has 0 spiro atoms. The molecule has 2 rings (SSSR count). The second kappa shape index (κ2) is 4.51. The van der Waals surface area contributed by atoms with Gasteiger partial charge in [0.05, 0.1) is 0 Å². The Bertz CT molecular complexity index is 293. The van der Waals surface area contributed by atoms with Crippen LogP contribution in [0, 0.1) is 11.3 Å². The number of guanidine groups is 1. The Morgan fingerprint density at radius 2 is 1.94 bits per heavy atom. The van der Waals surface area contributed by atoms with Gasteiger partial charge in [-0.1, -0.05) is 12.8 Å². The standard InChI is InChI=1S/C14H27N3/c1-13(2,3)17-12(15)16-10-14(8-5-9-14)11-6-4-7-11/h11H,4-10H2,1-3H3,(H3,15,16,17). The van der Waals surface area contributed by atoms with Gasteiger partial charge in [0.25, 0.3) is 0 Å². The summed E-state index contributed by atoms with van der Waals surface area (Å²) in [6.07, 6.45) is 8.38. The van der Waals surface area contributed by atoms with Gasteiger partial charge in [0, 0.05) is 12.1 Å². The van der Waals surface area contributed by atoms with Crippen LogP contribution in [0.2, 0.25) is 0 Å². The number of aliphatic imine (C=N–C) groups is 1. The summed E-state index contributed by atoms with van der Waals surface area (Å²) in [4.78, 5) is 4.59. The molecule has 3 heteroatoms. The van der Waals surface area contributed by atoms with Gasteiger partial charge in [0.2, 0.25) is 0 Å². The molecular formula is C14H27N3. The van der Waals surface area contributed by atoms with E-state index in [1.54, 1.807) is 0 Å². The fourth-order valence-electron chi connectivity index (χ4n) is 3.01. The second-order valence-electron chi connectivity index (χ2n) is 6.92. The van der Waals surface area contributed by atoms with Crippen LogP contribution in [0.5, 0.6) is 0 Å². The normalized spacial score (nSPS) is 25.0. The van der Waals surface area contributed by atoms with Gasteiger partial charge in [-0.2, -0.15) is 0 Å². The second-order valence-corrected chi connectivity index (χ2v) is 6.92. The van der Waals surface area contributed by atoms with Crippen molar-refractivity contribution in [3.63, 3.8) is 0 Å². The van der Waals surface area contributed by atoms with Crippen LogP contribution in [-0.2, 0) is 0 Å². The maximum atomic E-state index is 5.94. The van der Waals surface area contributed by atoms with Gasteiger partial charge in [-0.15, -0.1) is 0 Å². The molecule has 0 amide bonds. The minimum Gasteiger partial charge on any atom is -0.370 e. The SMILES string of the molecule is CC(C)(C)NC(N)=NCC1(C2CCC2)CCC1. The summed E-state index contributed by atoms with van der Waals surface area (Å²) < 4.78 is 0. The van der Waals surface area contributed by atoms with Crippen LogP contribution in [0.4, 0.5) is 0 Å². The molecular weight excluding hydrogens is 210 g/mol. The Morgan fingerprint density at radius 1 is 1.29 bits per heavy atom. The lowest BCUT2D eigenvalue weighted by atomic mass is 9.55. The summed E-state index contributed by atoms with van der Waals surface area (Å²) in [5.41, 5.74) is 6.47. The molecule has 0 saturated heterocycles. The first-order valence-corrected chi connectivity index (χ1v) is 6.99. The number of nitrogens with zero attached hydrogens (tertiary/aromatic N) is 1. The van der Waals surface area contributed by atoms with Crippen molar-refractivity contribution in [2.45, 2.75) is 64.8 Å². The van der Waals surface area contributed by atoms with Crippen molar-refractivity contribution in [1.82, 2.24) is 5.32 Å². The maximum absolute atomic E-state index is 5.94. The van der Waals surface area contributed by atoms with Gasteiger partial charge in [-0.3, -0.25) is 4.99 Å². The zero-order chi connectivity index (χ0) is 12.5. The van der Waals surface area contributed by atoms with Crippen LogP contribution in [0.25, 0.3) is 0 Å². The highest BCUT2D eigenvalue weighted by atomic mass is 15.1. The first-order chi connectivity index (χ1) is 7.91. The van der Waals surface area contributed by atoms with E-state index in [-0.39, 0.29) is 5.54 Å². The average molecular weight is 237 g/mol. The fourth-order valence-corrected chi connectivity index (χ4v) is 3.01. The van der Waals surface area contributed by atoms with Gasteiger partial charge in [-0.25, -0.2) is 0 Å². The Kier molecular flexibility index (Phi) is 3.37. The summed E-state index contributed by atoms with van der Waals surface area (Å²) in [6.45, 7) is 7.27. The number of hydrogen-bond acceptors (Lipinski definition) is 1. The van der Waals surface area contributed by atoms with Crippen molar-refractivity contribution in [1.29, 1.82) is 0 Å². The first kappa shape index (κ1) is 12.7. The molecule has 0 unspecified atom stereocenters. The van der Waals surface area contributed by atoms with Crippen molar-refractivity contribution in [2.24, 2.45) is 22.1 Å². The number of nitrogens with two attached hydrogens (primary N) is 1. The Morgan fingerprint density at radius 3 is 2.29 bits per heavy atom. The van der Waals surface area contributed by atoms with Crippen LogP contribution < -0.4 is 11.1 Å². The third-order valence-electron chi connectivity index (χ3n) is 4.39. The third-order valence-corrected chi connectivity index (χ3v) is 4.39. The molecule has 98 valence electrons. The van der Waals surface area contributed by atoms with E-state index >= 15 is 0 Å². The van der Waals surface area contributed by atoms with Crippen molar-refractivity contribution in [3.8, 4) is 0 Å². The largest absolute Gasteiger partial charge is 0.370 e. The van der Waals surface area contributed by atoms with Gasteiger partial charge < -0.3 is 11.1 Å². The quantitative estimate of drug-likeness (QED) is 0.585. The lowest BCUT2D eigenvalue weighted by molar-refractivity contribution is 0.0115. The summed E-state index contributed by atoms with van der Waals surface area (Å²) in [5.74, 6) is 1.55. The molecule has 0 atom stereocenters. The van der Waals surface area contributed by atoms with Crippen molar-refractivity contribution in [2.75, 3.05) is 6.54 Å². The monoisotopic (exact) mass is 237 g/mol. The van der Waals surface area contributed by atoms with Crippen LogP contribution >= 0.6 is 0 Å². The van der Waals surface area contributed by atoms with Gasteiger partial charge in [0.15, 0.2) is 5.96 Å². The molecule has 3 N–H and O–H groups in total. The zero-order valence-electron chi connectivity index (χ0n) is 11.6. The molecule has 0 heterocycles. The minimum atomic E-state index is 0.0107. The van der Waals surface area contributed by atoms with Crippen LogP contribution in [0.15, 0.2) is 4.99 Å². The van der Waals surface area contributed by atoms with Crippen molar-refractivity contribution < 1.29 is 0 Å². The number of nitrogens with one attached hydrogen (secondary N) is 1.